The average molecular weight is 339 g/mol. The molecule has 2 aromatic rings. The first kappa shape index (κ1) is 17.0. The van der Waals surface area contributed by atoms with Crippen molar-refractivity contribution in [1.82, 2.24) is 5.32 Å². The molecule has 0 aliphatic heterocycles. The van der Waals surface area contributed by atoms with Crippen LogP contribution in [0.15, 0.2) is 48.5 Å². The molecule has 1 saturated carbocycles. The minimum absolute atomic E-state index is 0.162. The highest BCUT2D eigenvalue weighted by Gasteiger charge is 2.50. The summed E-state index contributed by atoms with van der Waals surface area (Å²) in [6, 6.07) is 15.0. The molecular weight excluding hydrogens is 318 g/mol. The summed E-state index contributed by atoms with van der Waals surface area (Å²) in [5.74, 6) is -0.523. The molecule has 1 aliphatic rings. The van der Waals surface area contributed by atoms with Crippen LogP contribution >= 0.6 is 0 Å². The number of carbonyl (C=O) groups excluding carboxylic acids is 1. The van der Waals surface area contributed by atoms with Gasteiger partial charge < -0.3 is 15.2 Å². The van der Waals surface area contributed by atoms with Gasteiger partial charge in [-0.05, 0) is 43.5 Å². The van der Waals surface area contributed by atoms with Crippen LogP contribution in [0.4, 0.5) is 0 Å². The number of benzene rings is 2. The molecule has 25 heavy (non-hydrogen) atoms. The third-order valence-electron chi connectivity index (χ3n) is 4.48. The Morgan fingerprint density at radius 2 is 1.92 bits per heavy atom. The molecule has 0 heterocycles. The molecule has 2 N–H and O–H groups in total. The summed E-state index contributed by atoms with van der Waals surface area (Å²) in [5.41, 5.74) is 1.92. The van der Waals surface area contributed by atoms with Crippen LogP contribution in [0.5, 0.6) is 5.75 Å². The van der Waals surface area contributed by atoms with Crippen LogP contribution in [-0.2, 0) is 11.4 Å². The highest BCUT2D eigenvalue weighted by molar-refractivity contribution is 5.95. The highest BCUT2D eigenvalue weighted by Crippen LogP contribution is 2.45. The summed E-state index contributed by atoms with van der Waals surface area (Å²) >= 11 is 0. The van der Waals surface area contributed by atoms with Gasteiger partial charge in [-0.25, -0.2) is 0 Å². The van der Waals surface area contributed by atoms with Gasteiger partial charge in [0.1, 0.15) is 12.4 Å². The van der Waals surface area contributed by atoms with E-state index in [1.54, 1.807) is 24.3 Å². The van der Waals surface area contributed by atoms with Gasteiger partial charge in [-0.2, -0.15) is 0 Å². The van der Waals surface area contributed by atoms with Gasteiger partial charge in [-0.1, -0.05) is 35.9 Å². The van der Waals surface area contributed by atoms with E-state index in [0.29, 0.717) is 30.8 Å². The number of hydrogen-bond donors (Lipinski definition) is 2. The van der Waals surface area contributed by atoms with E-state index in [0.717, 1.165) is 5.56 Å². The van der Waals surface area contributed by atoms with E-state index < -0.39 is 11.4 Å². The van der Waals surface area contributed by atoms with Crippen LogP contribution in [0.3, 0.4) is 0 Å². The molecule has 130 valence electrons. The lowest BCUT2D eigenvalue weighted by Crippen LogP contribution is -2.34. The second kappa shape index (κ2) is 6.97. The Kier molecular flexibility index (Phi) is 4.74. The van der Waals surface area contributed by atoms with Crippen LogP contribution < -0.4 is 10.1 Å². The average Bonchev–Trinajstić information content (AvgIpc) is 3.40. The topological polar surface area (TPSA) is 75.6 Å². The molecule has 3 rings (SSSR count). The number of amides is 1. The first-order chi connectivity index (χ1) is 12.0. The standard InChI is InChI=1S/C20H21NO4/c1-14-4-2-5-15(10-14)12-25-17-7-3-6-16(11-17)18(22)21-13-20(8-9-20)19(23)24/h2-7,10-11H,8-9,12-13H2,1H3,(H,21,22)(H,23,24). The lowest BCUT2D eigenvalue weighted by molar-refractivity contribution is -0.143. The van der Waals surface area contributed by atoms with Crippen molar-refractivity contribution in [3.8, 4) is 5.75 Å². The van der Waals surface area contributed by atoms with Gasteiger partial charge in [-0.15, -0.1) is 0 Å². The van der Waals surface area contributed by atoms with Crippen molar-refractivity contribution >= 4 is 11.9 Å². The molecule has 5 nitrogen and oxygen atoms in total. The van der Waals surface area contributed by atoms with Gasteiger partial charge in [0.25, 0.3) is 5.91 Å². The van der Waals surface area contributed by atoms with Crippen LogP contribution in [0.1, 0.15) is 34.3 Å². The molecule has 0 radical (unpaired) electrons. The largest absolute Gasteiger partial charge is 0.489 e. The van der Waals surface area contributed by atoms with Crippen LogP contribution in [-0.4, -0.2) is 23.5 Å². The highest BCUT2D eigenvalue weighted by atomic mass is 16.5. The van der Waals surface area contributed by atoms with E-state index in [2.05, 4.69) is 11.4 Å². The number of aliphatic carboxylic acids is 1. The number of aryl methyl sites for hydroxylation is 1. The van der Waals surface area contributed by atoms with E-state index in [4.69, 9.17) is 9.84 Å². The maximum absolute atomic E-state index is 12.3. The van der Waals surface area contributed by atoms with Crippen LogP contribution in [0, 0.1) is 12.3 Å². The predicted molar refractivity (Wildman–Crippen MR) is 93.6 cm³/mol. The molecule has 1 aliphatic carbocycles. The van der Waals surface area contributed by atoms with Crippen LogP contribution in [0.2, 0.25) is 0 Å². The second-order valence-corrected chi connectivity index (χ2v) is 6.57. The molecule has 0 aromatic heterocycles. The smallest absolute Gasteiger partial charge is 0.311 e. The number of nitrogens with one attached hydrogen (secondary N) is 1. The minimum atomic E-state index is -0.844. The Hall–Kier alpha value is -2.82. The molecule has 2 aromatic carbocycles. The summed E-state index contributed by atoms with van der Waals surface area (Å²) in [6.45, 7) is 2.61. The fourth-order valence-corrected chi connectivity index (χ4v) is 2.66. The summed E-state index contributed by atoms with van der Waals surface area (Å²) < 4.78 is 5.76. The van der Waals surface area contributed by atoms with Crippen molar-refractivity contribution in [1.29, 1.82) is 0 Å². The van der Waals surface area contributed by atoms with Crippen LogP contribution in [0.25, 0.3) is 0 Å². The van der Waals surface area contributed by atoms with Crippen molar-refractivity contribution in [3.63, 3.8) is 0 Å². The van der Waals surface area contributed by atoms with E-state index in [1.165, 1.54) is 5.56 Å². The monoisotopic (exact) mass is 339 g/mol. The molecule has 0 saturated heterocycles. The first-order valence-corrected chi connectivity index (χ1v) is 8.29. The number of carboxylic acids is 1. The first-order valence-electron chi connectivity index (χ1n) is 8.29. The molecule has 0 atom stereocenters. The van der Waals surface area contributed by atoms with Gasteiger partial charge in [0.05, 0.1) is 5.41 Å². The normalized spacial score (nSPS) is 14.6. The number of carbonyl (C=O) groups is 2. The van der Waals surface area contributed by atoms with E-state index in [1.807, 2.05) is 25.1 Å². The van der Waals surface area contributed by atoms with E-state index in [-0.39, 0.29) is 12.5 Å². The zero-order valence-corrected chi connectivity index (χ0v) is 14.1. The molecule has 0 bridgehead atoms. The Balaban J connectivity index is 1.59. The van der Waals surface area contributed by atoms with Crippen molar-refractivity contribution < 1.29 is 19.4 Å². The van der Waals surface area contributed by atoms with Crippen molar-refractivity contribution in [2.75, 3.05) is 6.54 Å². The lowest BCUT2D eigenvalue weighted by Gasteiger charge is -2.12. The summed E-state index contributed by atoms with van der Waals surface area (Å²) in [6.07, 6.45) is 1.23. The third kappa shape index (κ3) is 4.18. The van der Waals surface area contributed by atoms with Crippen molar-refractivity contribution in [3.05, 3.63) is 65.2 Å². The molecule has 0 spiro atoms. The molecule has 1 amide bonds. The lowest BCUT2D eigenvalue weighted by atomic mass is 10.1. The maximum atomic E-state index is 12.3. The molecular formula is C20H21NO4. The number of rotatable bonds is 7. The third-order valence-corrected chi connectivity index (χ3v) is 4.48. The summed E-state index contributed by atoms with van der Waals surface area (Å²) in [7, 11) is 0. The fraction of sp³-hybridized carbons (Fsp3) is 0.300. The molecule has 1 fully saturated rings. The quantitative estimate of drug-likeness (QED) is 0.812. The minimum Gasteiger partial charge on any atom is -0.489 e. The van der Waals surface area contributed by atoms with E-state index >= 15 is 0 Å². The Bertz CT molecular complexity index is 796. The second-order valence-electron chi connectivity index (χ2n) is 6.57. The summed E-state index contributed by atoms with van der Waals surface area (Å²) in [5, 5.41) is 11.9. The molecule has 0 unspecified atom stereocenters. The fourth-order valence-electron chi connectivity index (χ4n) is 2.66. The van der Waals surface area contributed by atoms with Gasteiger partial charge >= 0.3 is 5.97 Å². The maximum Gasteiger partial charge on any atom is 0.311 e. The van der Waals surface area contributed by atoms with Crippen molar-refractivity contribution in [2.45, 2.75) is 26.4 Å². The zero-order valence-electron chi connectivity index (χ0n) is 14.1. The number of hydrogen-bond acceptors (Lipinski definition) is 3. The SMILES string of the molecule is Cc1cccc(COc2cccc(C(=O)NCC3(C(=O)O)CC3)c2)c1. The Morgan fingerprint density at radius 1 is 1.16 bits per heavy atom. The number of ether oxygens (including phenoxy) is 1. The molecule has 5 heteroatoms. The Morgan fingerprint density at radius 3 is 2.60 bits per heavy atom. The Labute approximate surface area is 146 Å². The van der Waals surface area contributed by atoms with Gasteiger partial charge in [0, 0.05) is 12.1 Å². The van der Waals surface area contributed by atoms with Gasteiger partial charge in [0.2, 0.25) is 0 Å². The summed E-state index contributed by atoms with van der Waals surface area (Å²) in [4.78, 5) is 23.4. The van der Waals surface area contributed by atoms with Gasteiger partial charge in [0.15, 0.2) is 0 Å². The number of carboxylic acid groups (broad SMARTS) is 1. The zero-order chi connectivity index (χ0) is 17.9. The van der Waals surface area contributed by atoms with E-state index in [9.17, 15) is 9.59 Å². The predicted octanol–water partition coefficient (Wildman–Crippen LogP) is 3.17. The van der Waals surface area contributed by atoms with Crippen molar-refractivity contribution in [2.24, 2.45) is 5.41 Å². The van der Waals surface area contributed by atoms with Gasteiger partial charge in [-0.3, -0.25) is 9.59 Å².